The number of aromatic nitrogens is 2. The van der Waals surface area contributed by atoms with Gasteiger partial charge in [-0.2, -0.15) is 5.26 Å². The number of nitriles is 1. The minimum Gasteiger partial charge on any atom is -0.369 e. The summed E-state index contributed by atoms with van der Waals surface area (Å²) in [6, 6.07) is 2.20. The van der Waals surface area contributed by atoms with Crippen molar-refractivity contribution in [1.29, 1.82) is 5.26 Å². The number of hydrogen-bond acceptors (Lipinski definition) is 3. The van der Waals surface area contributed by atoms with Crippen LogP contribution in [0.2, 0.25) is 0 Å². The molecule has 1 N–H and O–H groups in total. The standard InChI is InChI=1S/C16H27N3O/c1-5-8-10-14-18-13(12-17)15(19-14)16(4,7-3)20-11-9-6-2/h5-11H2,1-4H3,(H,18,19). The van der Waals surface area contributed by atoms with Gasteiger partial charge in [0, 0.05) is 13.0 Å². The summed E-state index contributed by atoms with van der Waals surface area (Å²) in [5, 5.41) is 9.30. The van der Waals surface area contributed by atoms with Crippen molar-refractivity contribution in [2.24, 2.45) is 0 Å². The van der Waals surface area contributed by atoms with Crippen molar-refractivity contribution >= 4 is 0 Å². The first-order chi connectivity index (χ1) is 9.61. The van der Waals surface area contributed by atoms with Crippen LogP contribution in [0.15, 0.2) is 0 Å². The van der Waals surface area contributed by atoms with Crippen LogP contribution in [-0.4, -0.2) is 16.6 Å². The third-order valence-electron chi connectivity index (χ3n) is 3.75. The third kappa shape index (κ3) is 4.08. The van der Waals surface area contributed by atoms with Gasteiger partial charge in [0.25, 0.3) is 0 Å². The molecule has 1 aromatic rings. The summed E-state index contributed by atoms with van der Waals surface area (Å²) in [6.07, 6.45) is 6.05. The van der Waals surface area contributed by atoms with Crippen molar-refractivity contribution in [3.05, 3.63) is 17.2 Å². The van der Waals surface area contributed by atoms with Gasteiger partial charge in [-0.3, -0.25) is 0 Å². The third-order valence-corrected chi connectivity index (χ3v) is 3.75. The number of ether oxygens (including phenoxy) is 1. The van der Waals surface area contributed by atoms with Crippen LogP contribution in [0.25, 0.3) is 0 Å². The van der Waals surface area contributed by atoms with Gasteiger partial charge < -0.3 is 9.72 Å². The molecule has 4 nitrogen and oxygen atoms in total. The Labute approximate surface area is 122 Å². The molecular formula is C16H27N3O. The fourth-order valence-corrected chi connectivity index (χ4v) is 2.14. The molecule has 20 heavy (non-hydrogen) atoms. The quantitative estimate of drug-likeness (QED) is 0.692. The molecule has 0 amide bonds. The summed E-state index contributed by atoms with van der Waals surface area (Å²) in [5.74, 6) is 0.900. The maximum absolute atomic E-state index is 9.30. The van der Waals surface area contributed by atoms with Gasteiger partial charge in [0.1, 0.15) is 17.5 Å². The minimum absolute atomic E-state index is 0.447. The van der Waals surface area contributed by atoms with Crippen molar-refractivity contribution in [2.75, 3.05) is 6.61 Å². The highest BCUT2D eigenvalue weighted by molar-refractivity contribution is 5.32. The molecule has 1 heterocycles. The van der Waals surface area contributed by atoms with Crippen molar-refractivity contribution in [3.8, 4) is 6.07 Å². The minimum atomic E-state index is -0.447. The molecule has 1 atom stereocenters. The van der Waals surface area contributed by atoms with Crippen LogP contribution in [-0.2, 0) is 16.8 Å². The lowest BCUT2D eigenvalue weighted by Crippen LogP contribution is -2.27. The molecule has 0 bridgehead atoms. The fourth-order valence-electron chi connectivity index (χ4n) is 2.14. The maximum Gasteiger partial charge on any atom is 0.164 e. The average Bonchev–Trinajstić information content (AvgIpc) is 2.89. The monoisotopic (exact) mass is 277 g/mol. The molecule has 0 aromatic carbocycles. The number of imidazole rings is 1. The Morgan fingerprint density at radius 1 is 1.25 bits per heavy atom. The van der Waals surface area contributed by atoms with Gasteiger partial charge in [-0.05, 0) is 26.2 Å². The summed E-state index contributed by atoms with van der Waals surface area (Å²) >= 11 is 0. The Bertz CT molecular complexity index is 447. The number of nitrogens with one attached hydrogen (secondary N) is 1. The Morgan fingerprint density at radius 3 is 2.50 bits per heavy atom. The summed E-state index contributed by atoms with van der Waals surface area (Å²) in [7, 11) is 0. The molecule has 0 radical (unpaired) electrons. The number of nitrogens with zero attached hydrogens (tertiary/aromatic N) is 2. The molecule has 0 aliphatic rings. The van der Waals surface area contributed by atoms with Crippen LogP contribution in [0.5, 0.6) is 0 Å². The fraction of sp³-hybridized carbons (Fsp3) is 0.750. The second-order valence-electron chi connectivity index (χ2n) is 5.41. The number of hydrogen-bond donors (Lipinski definition) is 1. The SMILES string of the molecule is CCCCOC(C)(CC)c1[nH]c(CCCC)nc1C#N. The van der Waals surface area contributed by atoms with E-state index in [1.54, 1.807) is 0 Å². The molecule has 0 saturated carbocycles. The molecule has 1 aromatic heterocycles. The number of unbranched alkanes of at least 4 members (excludes halogenated alkanes) is 2. The molecule has 0 aliphatic carbocycles. The van der Waals surface area contributed by atoms with E-state index in [1.165, 1.54) is 0 Å². The smallest absolute Gasteiger partial charge is 0.164 e. The largest absolute Gasteiger partial charge is 0.369 e. The van der Waals surface area contributed by atoms with Crippen molar-refractivity contribution in [1.82, 2.24) is 9.97 Å². The van der Waals surface area contributed by atoms with E-state index in [9.17, 15) is 5.26 Å². The molecule has 0 aliphatic heterocycles. The lowest BCUT2D eigenvalue weighted by atomic mass is 9.97. The predicted octanol–water partition coefficient (Wildman–Crippen LogP) is 4.07. The van der Waals surface area contributed by atoms with E-state index < -0.39 is 5.60 Å². The normalized spacial score (nSPS) is 13.9. The lowest BCUT2D eigenvalue weighted by Gasteiger charge is -2.27. The Hall–Kier alpha value is -1.34. The van der Waals surface area contributed by atoms with Crippen LogP contribution in [0.1, 0.15) is 77.0 Å². The Morgan fingerprint density at radius 2 is 1.95 bits per heavy atom. The molecule has 0 fully saturated rings. The maximum atomic E-state index is 9.30. The Balaban J connectivity index is 2.95. The second-order valence-corrected chi connectivity index (χ2v) is 5.41. The van der Waals surface area contributed by atoms with E-state index in [4.69, 9.17) is 4.74 Å². The second kappa shape index (κ2) is 8.06. The Kier molecular flexibility index (Phi) is 6.74. The molecule has 4 heteroatoms. The van der Waals surface area contributed by atoms with Gasteiger partial charge in [0.2, 0.25) is 0 Å². The van der Waals surface area contributed by atoms with E-state index in [-0.39, 0.29) is 0 Å². The van der Waals surface area contributed by atoms with E-state index in [0.29, 0.717) is 5.69 Å². The van der Waals surface area contributed by atoms with Crippen LogP contribution < -0.4 is 0 Å². The van der Waals surface area contributed by atoms with Gasteiger partial charge >= 0.3 is 0 Å². The van der Waals surface area contributed by atoms with E-state index in [0.717, 1.165) is 56.7 Å². The van der Waals surface area contributed by atoms with Crippen molar-refractivity contribution < 1.29 is 4.74 Å². The van der Waals surface area contributed by atoms with E-state index in [1.807, 2.05) is 6.92 Å². The molecule has 0 spiro atoms. The number of aromatic amines is 1. The van der Waals surface area contributed by atoms with Crippen LogP contribution in [0.3, 0.4) is 0 Å². The predicted molar refractivity (Wildman–Crippen MR) is 80.4 cm³/mol. The topological polar surface area (TPSA) is 61.7 Å². The zero-order valence-electron chi connectivity index (χ0n) is 13.3. The highest BCUT2D eigenvalue weighted by Crippen LogP contribution is 2.30. The van der Waals surface area contributed by atoms with Crippen LogP contribution in [0.4, 0.5) is 0 Å². The average molecular weight is 277 g/mol. The zero-order chi connectivity index (χ0) is 15.0. The van der Waals surface area contributed by atoms with Crippen molar-refractivity contribution in [2.45, 2.75) is 71.8 Å². The highest BCUT2D eigenvalue weighted by Gasteiger charge is 2.31. The zero-order valence-corrected chi connectivity index (χ0v) is 13.3. The summed E-state index contributed by atoms with van der Waals surface area (Å²) in [5.41, 5.74) is 0.874. The summed E-state index contributed by atoms with van der Waals surface area (Å²) < 4.78 is 6.04. The number of H-pyrrole nitrogens is 1. The van der Waals surface area contributed by atoms with Gasteiger partial charge in [0.15, 0.2) is 5.69 Å². The molecule has 112 valence electrons. The molecular weight excluding hydrogens is 250 g/mol. The van der Waals surface area contributed by atoms with Crippen molar-refractivity contribution in [3.63, 3.8) is 0 Å². The van der Waals surface area contributed by atoms with Crippen LogP contribution in [0, 0.1) is 11.3 Å². The van der Waals surface area contributed by atoms with Gasteiger partial charge in [0.05, 0.1) is 5.69 Å². The van der Waals surface area contributed by atoms with E-state index in [2.05, 4.69) is 36.8 Å². The van der Waals surface area contributed by atoms with Gasteiger partial charge in [-0.15, -0.1) is 0 Å². The molecule has 0 saturated heterocycles. The first kappa shape index (κ1) is 16.7. The molecule has 1 rings (SSSR count). The highest BCUT2D eigenvalue weighted by atomic mass is 16.5. The summed E-state index contributed by atoms with van der Waals surface area (Å²) in [6.45, 7) is 9.14. The first-order valence-electron chi connectivity index (χ1n) is 7.74. The van der Waals surface area contributed by atoms with E-state index >= 15 is 0 Å². The van der Waals surface area contributed by atoms with Gasteiger partial charge in [-0.1, -0.05) is 33.6 Å². The number of aryl methyl sites for hydroxylation is 1. The van der Waals surface area contributed by atoms with Crippen LogP contribution >= 0.6 is 0 Å². The molecule has 1 unspecified atom stereocenters. The summed E-state index contributed by atoms with van der Waals surface area (Å²) in [4.78, 5) is 7.74. The number of rotatable bonds is 9. The van der Waals surface area contributed by atoms with Gasteiger partial charge in [-0.25, -0.2) is 4.98 Å². The lowest BCUT2D eigenvalue weighted by molar-refractivity contribution is -0.0435. The first-order valence-corrected chi connectivity index (χ1v) is 7.74.